The van der Waals surface area contributed by atoms with Gasteiger partial charge >= 0.3 is 0 Å². The Morgan fingerprint density at radius 3 is 1.47 bits per heavy atom. The SMILES string of the molecule is c1ccc(-c2c3ccccc3c(-c3ccc(-c4ccc5sc6cc7ccccc7cc6c5c4)c4ccccc34)c3ccccc23)cc1. The molecule has 0 nitrogen and oxygen atoms in total. The van der Waals surface area contributed by atoms with E-state index in [0.29, 0.717) is 0 Å². The van der Waals surface area contributed by atoms with Crippen LogP contribution in [0.15, 0.2) is 170 Å². The van der Waals surface area contributed by atoms with E-state index in [4.69, 9.17) is 0 Å². The van der Waals surface area contributed by atoms with Crippen LogP contribution in [-0.4, -0.2) is 0 Å². The number of fused-ring (bicyclic) bond motifs is 7. The molecule has 0 spiro atoms. The Bertz CT molecular complexity index is 2780. The molecule has 0 saturated carbocycles. The molecule has 10 aromatic rings. The highest BCUT2D eigenvalue weighted by Gasteiger charge is 2.19. The van der Waals surface area contributed by atoms with Gasteiger partial charge in [0, 0.05) is 20.2 Å². The van der Waals surface area contributed by atoms with Crippen LogP contribution in [0.1, 0.15) is 0 Å². The van der Waals surface area contributed by atoms with Gasteiger partial charge in [-0.05, 0) is 101 Å². The summed E-state index contributed by atoms with van der Waals surface area (Å²) in [6.45, 7) is 0. The first-order valence-electron chi connectivity index (χ1n) is 16.2. The van der Waals surface area contributed by atoms with Gasteiger partial charge in [0.2, 0.25) is 0 Å². The lowest BCUT2D eigenvalue weighted by atomic mass is 9.84. The quantitative estimate of drug-likeness (QED) is 0.174. The van der Waals surface area contributed by atoms with Crippen molar-refractivity contribution >= 4 is 74.6 Å². The van der Waals surface area contributed by atoms with Gasteiger partial charge in [-0.1, -0.05) is 146 Å². The second kappa shape index (κ2) is 10.4. The lowest BCUT2D eigenvalue weighted by Crippen LogP contribution is -1.92. The third-order valence-electron chi connectivity index (χ3n) is 9.84. The van der Waals surface area contributed by atoms with Crippen LogP contribution < -0.4 is 0 Å². The van der Waals surface area contributed by atoms with E-state index in [2.05, 4.69) is 170 Å². The molecule has 0 radical (unpaired) electrons. The maximum absolute atomic E-state index is 2.41. The lowest BCUT2D eigenvalue weighted by Gasteiger charge is -2.19. The van der Waals surface area contributed by atoms with Gasteiger partial charge in [-0.3, -0.25) is 0 Å². The Hall–Kier alpha value is -5.76. The highest BCUT2D eigenvalue weighted by molar-refractivity contribution is 7.25. The van der Waals surface area contributed by atoms with E-state index in [1.807, 2.05) is 11.3 Å². The lowest BCUT2D eigenvalue weighted by molar-refractivity contribution is 1.66. The molecule has 10 rings (SSSR count). The van der Waals surface area contributed by atoms with E-state index < -0.39 is 0 Å². The zero-order valence-corrected chi connectivity index (χ0v) is 26.4. The molecule has 1 heterocycles. The molecule has 0 atom stereocenters. The van der Waals surface area contributed by atoms with E-state index in [0.717, 1.165) is 0 Å². The van der Waals surface area contributed by atoms with E-state index in [1.165, 1.54) is 96.6 Å². The van der Waals surface area contributed by atoms with Crippen molar-refractivity contribution < 1.29 is 0 Å². The fraction of sp³-hybridized carbons (Fsp3) is 0. The van der Waals surface area contributed by atoms with Gasteiger partial charge in [0.25, 0.3) is 0 Å². The maximum atomic E-state index is 2.41. The van der Waals surface area contributed by atoms with Crippen LogP contribution in [0.2, 0.25) is 0 Å². The average Bonchev–Trinajstić information content (AvgIpc) is 3.49. The minimum atomic E-state index is 1.25. The standard InChI is InChI=1S/C46H28S/c1-2-12-29(13-3-1)45-36-18-8-10-20-38(36)46(39-21-11-9-19-37(39)45)40-24-23-33(34-16-6-7-17-35(34)40)32-22-25-43-41(27-32)42-26-30-14-4-5-15-31(30)28-44(42)47-43/h1-28H. The molecule has 0 unspecified atom stereocenters. The van der Waals surface area contributed by atoms with Crippen molar-refractivity contribution in [2.24, 2.45) is 0 Å². The van der Waals surface area contributed by atoms with Crippen LogP contribution in [0.3, 0.4) is 0 Å². The molecule has 1 aromatic heterocycles. The number of benzene rings is 9. The van der Waals surface area contributed by atoms with Crippen LogP contribution in [0.4, 0.5) is 0 Å². The number of hydrogen-bond donors (Lipinski definition) is 0. The molecular formula is C46H28S. The molecule has 1 heteroatoms. The molecule has 47 heavy (non-hydrogen) atoms. The van der Waals surface area contributed by atoms with Crippen molar-refractivity contribution in [2.45, 2.75) is 0 Å². The molecule has 0 amide bonds. The Labute approximate surface area is 276 Å². The summed E-state index contributed by atoms with van der Waals surface area (Å²) >= 11 is 1.89. The summed E-state index contributed by atoms with van der Waals surface area (Å²) in [5.74, 6) is 0. The summed E-state index contributed by atoms with van der Waals surface area (Å²) in [7, 11) is 0. The van der Waals surface area contributed by atoms with Crippen LogP contribution in [0, 0.1) is 0 Å². The van der Waals surface area contributed by atoms with Crippen molar-refractivity contribution in [3.05, 3.63) is 170 Å². The zero-order valence-electron chi connectivity index (χ0n) is 25.6. The first-order valence-corrected chi connectivity index (χ1v) is 17.0. The van der Waals surface area contributed by atoms with Gasteiger partial charge in [-0.2, -0.15) is 0 Å². The summed E-state index contributed by atoms with van der Waals surface area (Å²) in [5.41, 5.74) is 7.62. The molecule has 0 N–H and O–H groups in total. The summed E-state index contributed by atoms with van der Waals surface area (Å²) in [6, 6.07) is 62.7. The molecule has 0 fully saturated rings. The fourth-order valence-corrected chi connectivity index (χ4v) is 8.85. The molecule has 0 aliphatic carbocycles. The smallest absolute Gasteiger partial charge is 0.0361 e. The van der Waals surface area contributed by atoms with E-state index in [9.17, 15) is 0 Å². The van der Waals surface area contributed by atoms with Gasteiger partial charge in [-0.15, -0.1) is 11.3 Å². The molecule has 0 saturated heterocycles. The fourth-order valence-electron chi connectivity index (χ4n) is 7.73. The molecule has 0 bridgehead atoms. The third kappa shape index (κ3) is 4.07. The third-order valence-corrected chi connectivity index (χ3v) is 11.0. The zero-order chi connectivity index (χ0) is 30.9. The first kappa shape index (κ1) is 26.5. The topological polar surface area (TPSA) is 0 Å². The molecular weight excluding hydrogens is 585 g/mol. The van der Waals surface area contributed by atoms with Gasteiger partial charge in [-0.25, -0.2) is 0 Å². The largest absolute Gasteiger partial charge is 0.135 e. The first-order chi connectivity index (χ1) is 23.3. The van der Waals surface area contributed by atoms with E-state index in [1.54, 1.807) is 0 Å². The number of thiophene rings is 1. The van der Waals surface area contributed by atoms with Crippen molar-refractivity contribution in [2.75, 3.05) is 0 Å². The number of rotatable bonds is 3. The van der Waals surface area contributed by atoms with Crippen molar-refractivity contribution in [3.8, 4) is 33.4 Å². The van der Waals surface area contributed by atoms with Crippen LogP contribution in [-0.2, 0) is 0 Å². The predicted molar refractivity (Wildman–Crippen MR) is 206 cm³/mol. The second-order valence-electron chi connectivity index (χ2n) is 12.4. The Kier molecular flexibility index (Phi) is 5.85. The van der Waals surface area contributed by atoms with Crippen LogP contribution in [0.5, 0.6) is 0 Å². The molecule has 0 aliphatic heterocycles. The van der Waals surface area contributed by atoms with Gasteiger partial charge in [0.05, 0.1) is 0 Å². The molecule has 9 aromatic carbocycles. The summed E-state index contributed by atoms with van der Waals surface area (Å²) in [6.07, 6.45) is 0. The Balaban J connectivity index is 1.23. The summed E-state index contributed by atoms with van der Waals surface area (Å²) in [5, 5.41) is 12.9. The normalized spacial score (nSPS) is 11.8. The van der Waals surface area contributed by atoms with Crippen LogP contribution >= 0.6 is 11.3 Å². The summed E-state index contributed by atoms with van der Waals surface area (Å²) < 4.78 is 2.67. The van der Waals surface area contributed by atoms with E-state index in [-0.39, 0.29) is 0 Å². The summed E-state index contributed by atoms with van der Waals surface area (Å²) in [4.78, 5) is 0. The predicted octanol–water partition coefficient (Wildman–Crippen LogP) is 13.7. The van der Waals surface area contributed by atoms with Crippen molar-refractivity contribution in [1.29, 1.82) is 0 Å². The van der Waals surface area contributed by atoms with E-state index >= 15 is 0 Å². The monoisotopic (exact) mass is 612 g/mol. The van der Waals surface area contributed by atoms with Crippen molar-refractivity contribution in [3.63, 3.8) is 0 Å². The molecule has 0 aliphatic rings. The Morgan fingerprint density at radius 2 is 0.787 bits per heavy atom. The minimum Gasteiger partial charge on any atom is -0.135 e. The van der Waals surface area contributed by atoms with Crippen LogP contribution in [0.25, 0.3) is 96.6 Å². The minimum absolute atomic E-state index is 1.25. The highest BCUT2D eigenvalue weighted by atomic mass is 32.1. The number of hydrogen-bond acceptors (Lipinski definition) is 1. The highest BCUT2D eigenvalue weighted by Crippen LogP contribution is 2.47. The van der Waals surface area contributed by atoms with Gasteiger partial charge in [0.15, 0.2) is 0 Å². The maximum Gasteiger partial charge on any atom is 0.0361 e. The second-order valence-corrected chi connectivity index (χ2v) is 13.5. The Morgan fingerprint density at radius 1 is 0.277 bits per heavy atom. The van der Waals surface area contributed by atoms with Gasteiger partial charge < -0.3 is 0 Å². The van der Waals surface area contributed by atoms with Gasteiger partial charge in [0.1, 0.15) is 0 Å². The average molecular weight is 613 g/mol. The van der Waals surface area contributed by atoms with Crippen molar-refractivity contribution in [1.82, 2.24) is 0 Å². The molecule has 218 valence electrons.